The van der Waals surface area contributed by atoms with E-state index in [2.05, 4.69) is 10.6 Å². The van der Waals surface area contributed by atoms with E-state index in [0.29, 0.717) is 6.04 Å². The molecule has 0 aromatic heterocycles. The average molecular weight is 282 g/mol. The zero-order valence-corrected chi connectivity index (χ0v) is 13.2. The fourth-order valence-corrected chi connectivity index (χ4v) is 2.82. The van der Waals surface area contributed by atoms with E-state index >= 15 is 0 Å². The predicted molar refractivity (Wildman–Crippen MR) is 80.8 cm³/mol. The lowest BCUT2D eigenvalue weighted by molar-refractivity contribution is 0.0489. The Labute approximate surface area is 123 Å². The number of rotatable bonds is 4. The van der Waals surface area contributed by atoms with Crippen molar-refractivity contribution in [3.8, 4) is 0 Å². The lowest BCUT2D eigenvalue weighted by Crippen LogP contribution is -2.50. The molecule has 0 saturated heterocycles. The summed E-state index contributed by atoms with van der Waals surface area (Å²) in [5.74, 6) is 0.875. The van der Waals surface area contributed by atoms with Crippen LogP contribution >= 0.6 is 0 Å². The molecule has 20 heavy (non-hydrogen) atoms. The molecule has 2 atom stereocenters. The van der Waals surface area contributed by atoms with E-state index < -0.39 is 5.60 Å². The standard InChI is InChI=1S/C16H30N2O2/c1-16(2,3)20-15(19)18-14-8-6-4-5-7-13(14)17-11-12-9-10-12/h12-14,17H,4-11H2,1-3H3,(H,18,19). The molecule has 4 heteroatoms. The zero-order valence-electron chi connectivity index (χ0n) is 13.2. The Morgan fingerprint density at radius 1 is 1.05 bits per heavy atom. The Hall–Kier alpha value is -0.770. The van der Waals surface area contributed by atoms with Crippen LogP contribution in [0.4, 0.5) is 4.79 Å². The molecule has 0 radical (unpaired) electrons. The summed E-state index contributed by atoms with van der Waals surface area (Å²) in [5.41, 5.74) is -0.425. The van der Waals surface area contributed by atoms with Crippen LogP contribution in [0.1, 0.15) is 65.7 Å². The maximum absolute atomic E-state index is 12.0. The number of nitrogens with one attached hydrogen (secondary N) is 2. The second-order valence-electron chi connectivity index (χ2n) is 7.35. The van der Waals surface area contributed by atoms with E-state index in [-0.39, 0.29) is 12.1 Å². The van der Waals surface area contributed by atoms with Crippen molar-refractivity contribution in [1.82, 2.24) is 10.6 Å². The van der Waals surface area contributed by atoms with Crippen LogP contribution in [-0.4, -0.2) is 30.3 Å². The number of hydrogen-bond acceptors (Lipinski definition) is 3. The minimum absolute atomic E-state index is 0.214. The lowest BCUT2D eigenvalue weighted by Gasteiger charge is -2.29. The molecule has 0 aromatic carbocycles. The molecule has 2 rings (SSSR count). The van der Waals surface area contributed by atoms with Crippen molar-refractivity contribution in [1.29, 1.82) is 0 Å². The smallest absolute Gasteiger partial charge is 0.407 e. The van der Waals surface area contributed by atoms with E-state index in [1.54, 1.807) is 0 Å². The van der Waals surface area contributed by atoms with E-state index in [1.807, 2.05) is 20.8 Å². The molecule has 0 bridgehead atoms. The number of hydrogen-bond donors (Lipinski definition) is 2. The maximum atomic E-state index is 12.0. The molecule has 2 aliphatic carbocycles. The second-order valence-corrected chi connectivity index (χ2v) is 7.35. The summed E-state index contributed by atoms with van der Waals surface area (Å²) in [6.07, 6.45) is 8.40. The third-order valence-electron chi connectivity index (χ3n) is 4.08. The number of alkyl carbamates (subject to hydrolysis) is 1. The van der Waals surface area contributed by atoms with Gasteiger partial charge in [0.15, 0.2) is 0 Å². The highest BCUT2D eigenvalue weighted by Crippen LogP contribution is 2.28. The van der Waals surface area contributed by atoms with Crippen LogP contribution < -0.4 is 10.6 Å². The summed E-state index contributed by atoms with van der Waals surface area (Å²) in [5, 5.41) is 6.76. The molecule has 2 N–H and O–H groups in total. The topological polar surface area (TPSA) is 50.4 Å². The third kappa shape index (κ3) is 5.70. The van der Waals surface area contributed by atoms with Crippen molar-refractivity contribution in [2.75, 3.05) is 6.54 Å². The quantitative estimate of drug-likeness (QED) is 0.778. The Bertz CT molecular complexity index is 321. The Balaban J connectivity index is 1.84. The molecule has 0 aromatic rings. The summed E-state index contributed by atoms with van der Waals surface area (Å²) in [6, 6.07) is 0.622. The fourth-order valence-electron chi connectivity index (χ4n) is 2.82. The van der Waals surface area contributed by atoms with E-state index in [0.717, 1.165) is 25.3 Å². The first-order valence-electron chi connectivity index (χ1n) is 8.17. The Kier molecular flexibility index (Phi) is 5.30. The highest BCUT2D eigenvalue weighted by Gasteiger charge is 2.29. The van der Waals surface area contributed by atoms with Crippen molar-refractivity contribution in [2.45, 2.75) is 83.4 Å². The molecule has 1 amide bonds. The Morgan fingerprint density at radius 3 is 2.30 bits per heavy atom. The summed E-state index contributed by atoms with van der Waals surface area (Å²) in [4.78, 5) is 12.0. The van der Waals surface area contributed by atoms with Gasteiger partial charge in [0.25, 0.3) is 0 Å². The molecule has 2 aliphatic rings. The van der Waals surface area contributed by atoms with Crippen molar-refractivity contribution >= 4 is 6.09 Å². The van der Waals surface area contributed by atoms with Crippen LogP contribution in [0.2, 0.25) is 0 Å². The van der Waals surface area contributed by atoms with Gasteiger partial charge in [-0.05, 0) is 58.9 Å². The van der Waals surface area contributed by atoms with Gasteiger partial charge in [-0.25, -0.2) is 4.79 Å². The number of carbonyl (C=O) groups excluding carboxylic acids is 1. The van der Waals surface area contributed by atoms with Crippen LogP contribution in [0.15, 0.2) is 0 Å². The molecule has 2 unspecified atom stereocenters. The number of carbonyl (C=O) groups is 1. The molecule has 2 fully saturated rings. The van der Waals surface area contributed by atoms with Gasteiger partial charge in [0, 0.05) is 12.1 Å². The van der Waals surface area contributed by atoms with Gasteiger partial charge in [-0.15, -0.1) is 0 Å². The van der Waals surface area contributed by atoms with Crippen LogP contribution in [-0.2, 0) is 4.74 Å². The first-order valence-corrected chi connectivity index (χ1v) is 8.17. The van der Waals surface area contributed by atoms with Crippen LogP contribution in [0, 0.1) is 5.92 Å². The minimum atomic E-state index is -0.425. The molecule has 0 heterocycles. The molecular weight excluding hydrogens is 252 g/mol. The van der Waals surface area contributed by atoms with Gasteiger partial charge in [0.1, 0.15) is 5.60 Å². The first kappa shape index (κ1) is 15.6. The van der Waals surface area contributed by atoms with Gasteiger partial charge in [-0.1, -0.05) is 19.3 Å². The molecule has 0 aliphatic heterocycles. The minimum Gasteiger partial charge on any atom is -0.444 e. The molecule has 2 saturated carbocycles. The van der Waals surface area contributed by atoms with Gasteiger partial charge in [0.05, 0.1) is 0 Å². The van der Waals surface area contributed by atoms with E-state index in [4.69, 9.17) is 4.74 Å². The van der Waals surface area contributed by atoms with Gasteiger partial charge in [-0.2, -0.15) is 0 Å². The SMILES string of the molecule is CC(C)(C)OC(=O)NC1CCCCCC1NCC1CC1. The summed E-state index contributed by atoms with van der Waals surface area (Å²) < 4.78 is 5.39. The predicted octanol–water partition coefficient (Wildman–Crippen LogP) is 3.21. The fraction of sp³-hybridized carbons (Fsp3) is 0.938. The Morgan fingerprint density at radius 2 is 1.70 bits per heavy atom. The van der Waals surface area contributed by atoms with Crippen LogP contribution in [0.25, 0.3) is 0 Å². The highest BCUT2D eigenvalue weighted by atomic mass is 16.6. The summed E-state index contributed by atoms with van der Waals surface area (Å²) in [6.45, 7) is 6.82. The van der Waals surface area contributed by atoms with E-state index in [9.17, 15) is 4.79 Å². The van der Waals surface area contributed by atoms with Crippen molar-refractivity contribution < 1.29 is 9.53 Å². The number of amides is 1. The number of ether oxygens (including phenoxy) is 1. The second kappa shape index (κ2) is 6.79. The molecule has 0 spiro atoms. The van der Waals surface area contributed by atoms with E-state index in [1.165, 1.54) is 32.1 Å². The molecular formula is C16H30N2O2. The van der Waals surface area contributed by atoms with Gasteiger partial charge in [-0.3, -0.25) is 0 Å². The largest absolute Gasteiger partial charge is 0.444 e. The van der Waals surface area contributed by atoms with Crippen LogP contribution in [0.5, 0.6) is 0 Å². The first-order chi connectivity index (χ1) is 9.44. The van der Waals surface area contributed by atoms with Crippen molar-refractivity contribution in [3.63, 3.8) is 0 Å². The highest BCUT2D eigenvalue weighted by molar-refractivity contribution is 5.68. The monoisotopic (exact) mass is 282 g/mol. The molecule has 116 valence electrons. The van der Waals surface area contributed by atoms with Crippen LogP contribution in [0.3, 0.4) is 0 Å². The van der Waals surface area contributed by atoms with Gasteiger partial charge in [0.2, 0.25) is 0 Å². The normalized spacial score (nSPS) is 27.8. The third-order valence-corrected chi connectivity index (χ3v) is 4.08. The van der Waals surface area contributed by atoms with Gasteiger partial charge < -0.3 is 15.4 Å². The lowest BCUT2D eigenvalue weighted by atomic mass is 10.0. The summed E-state index contributed by atoms with van der Waals surface area (Å²) >= 11 is 0. The maximum Gasteiger partial charge on any atom is 0.407 e. The van der Waals surface area contributed by atoms with Gasteiger partial charge >= 0.3 is 6.09 Å². The van der Waals surface area contributed by atoms with Crippen molar-refractivity contribution in [3.05, 3.63) is 0 Å². The average Bonchev–Trinajstić information content (AvgIpc) is 3.11. The molecule has 4 nitrogen and oxygen atoms in total. The van der Waals surface area contributed by atoms with Crippen molar-refractivity contribution in [2.24, 2.45) is 5.92 Å². The zero-order chi connectivity index (χ0) is 14.6. The summed E-state index contributed by atoms with van der Waals surface area (Å²) in [7, 11) is 0.